The van der Waals surface area contributed by atoms with Gasteiger partial charge < -0.3 is 15.6 Å². The molecule has 4 nitrogen and oxygen atoms in total. The van der Waals surface area contributed by atoms with Crippen molar-refractivity contribution < 1.29 is 23.4 Å². The Labute approximate surface area is 88.2 Å². The lowest BCUT2D eigenvalue weighted by Crippen LogP contribution is -2.07. The molecule has 0 saturated carbocycles. The molecule has 0 fully saturated rings. The number of carbonyl (C=O) groups is 1. The van der Waals surface area contributed by atoms with Crippen molar-refractivity contribution in [3.63, 3.8) is 0 Å². The summed E-state index contributed by atoms with van der Waals surface area (Å²) in [7, 11) is 0. The number of carboxylic acid groups (broad SMARTS) is 1. The lowest BCUT2D eigenvalue weighted by molar-refractivity contribution is -0.0493. The van der Waals surface area contributed by atoms with Gasteiger partial charge in [0, 0.05) is 0 Å². The monoisotopic (exact) mass is 237 g/mol. The maximum absolute atomic E-state index is 11.9. The molecule has 0 aliphatic rings. The molecule has 1 aromatic rings. The number of hydrogen-bond donors (Lipinski definition) is 2. The standard InChI is InChI=1S/C8H6ClF2NO3/c9-5-3(7(13)14)1-2-4(6(5)12)15-8(10)11/h1-2,8H,12H2,(H,13,14). The Balaban J connectivity index is 3.15. The summed E-state index contributed by atoms with van der Waals surface area (Å²) in [6, 6.07) is 2.07. The number of benzene rings is 1. The molecule has 0 radical (unpaired) electrons. The molecular formula is C8H6ClF2NO3. The highest BCUT2D eigenvalue weighted by atomic mass is 35.5. The minimum atomic E-state index is -3.04. The van der Waals surface area contributed by atoms with E-state index >= 15 is 0 Å². The summed E-state index contributed by atoms with van der Waals surface area (Å²) in [5, 5.41) is 8.32. The molecule has 0 aliphatic heterocycles. The van der Waals surface area contributed by atoms with Gasteiger partial charge in [0.25, 0.3) is 0 Å². The van der Waals surface area contributed by atoms with E-state index in [1.807, 2.05) is 0 Å². The third-order valence-electron chi connectivity index (χ3n) is 1.59. The number of hydrogen-bond acceptors (Lipinski definition) is 3. The molecule has 0 bridgehead atoms. The van der Waals surface area contributed by atoms with Gasteiger partial charge in [0.15, 0.2) is 5.75 Å². The fourth-order valence-corrected chi connectivity index (χ4v) is 1.18. The van der Waals surface area contributed by atoms with Crippen molar-refractivity contribution in [1.82, 2.24) is 0 Å². The number of carboxylic acids is 1. The van der Waals surface area contributed by atoms with Crippen LogP contribution in [0.3, 0.4) is 0 Å². The van der Waals surface area contributed by atoms with Crippen LogP contribution in [0.15, 0.2) is 12.1 Å². The lowest BCUT2D eigenvalue weighted by atomic mass is 10.2. The van der Waals surface area contributed by atoms with E-state index in [9.17, 15) is 13.6 Å². The number of halogens is 3. The van der Waals surface area contributed by atoms with Gasteiger partial charge in [-0.05, 0) is 12.1 Å². The average molecular weight is 238 g/mol. The fraction of sp³-hybridized carbons (Fsp3) is 0.125. The second-order valence-corrected chi connectivity index (χ2v) is 2.90. The lowest BCUT2D eigenvalue weighted by Gasteiger charge is -2.09. The van der Waals surface area contributed by atoms with E-state index in [0.29, 0.717) is 0 Å². The highest BCUT2D eigenvalue weighted by Crippen LogP contribution is 2.33. The van der Waals surface area contributed by atoms with Gasteiger partial charge in [0.1, 0.15) is 0 Å². The molecule has 7 heteroatoms. The Hall–Kier alpha value is -1.56. The minimum absolute atomic E-state index is 0.268. The van der Waals surface area contributed by atoms with Crippen molar-refractivity contribution >= 4 is 23.3 Å². The number of rotatable bonds is 3. The highest BCUT2D eigenvalue weighted by Gasteiger charge is 2.16. The van der Waals surface area contributed by atoms with E-state index < -0.39 is 12.6 Å². The maximum atomic E-state index is 11.9. The van der Waals surface area contributed by atoms with Gasteiger partial charge in [0.2, 0.25) is 0 Å². The number of nitrogen functional groups attached to an aromatic ring is 1. The van der Waals surface area contributed by atoms with Crippen molar-refractivity contribution in [3.05, 3.63) is 22.7 Å². The number of aromatic carboxylic acids is 1. The maximum Gasteiger partial charge on any atom is 0.387 e. The van der Waals surface area contributed by atoms with Crippen LogP contribution in [0, 0.1) is 0 Å². The first-order valence-corrected chi connectivity index (χ1v) is 4.07. The quantitative estimate of drug-likeness (QED) is 0.791. The minimum Gasteiger partial charge on any atom is -0.478 e. The third-order valence-corrected chi connectivity index (χ3v) is 1.99. The largest absolute Gasteiger partial charge is 0.478 e. The van der Waals surface area contributed by atoms with Crippen molar-refractivity contribution in [2.24, 2.45) is 0 Å². The van der Waals surface area contributed by atoms with Crippen LogP contribution in [0.5, 0.6) is 5.75 Å². The first-order chi connectivity index (χ1) is 6.93. The Bertz CT molecular complexity index is 398. The van der Waals surface area contributed by atoms with E-state index in [-0.39, 0.29) is 22.0 Å². The SMILES string of the molecule is Nc1c(OC(F)F)ccc(C(=O)O)c1Cl. The molecule has 0 spiro atoms. The van der Waals surface area contributed by atoms with E-state index in [1.54, 1.807) is 0 Å². The predicted molar refractivity (Wildman–Crippen MR) is 49.5 cm³/mol. The predicted octanol–water partition coefficient (Wildman–Crippen LogP) is 2.22. The van der Waals surface area contributed by atoms with E-state index in [4.69, 9.17) is 22.4 Å². The fourth-order valence-electron chi connectivity index (χ4n) is 0.939. The molecule has 0 saturated heterocycles. The molecule has 0 aliphatic carbocycles. The Morgan fingerprint density at radius 2 is 2.13 bits per heavy atom. The highest BCUT2D eigenvalue weighted by molar-refractivity contribution is 6.36. The summed E-state index contributed by atoms with van der Waals surface area (Å²) in [5.41, 5.74) is 4.73. The summed E-state index contributed by atoms with van der Waals surface area (Å²) in [6.45, 7) is -3.04. The van der Waals surface area contributed by atoms with Crippen LogP contribution < -0.4 is 10.5 Å². The van der Waals surface area contributed by atoms with Crippen LogP contribution in [0.1, 0.15) is 10.4 Å². The summed E-state index contributed by atoms with van der Waals surface area (Å²) in [5.74, 6) is -1.64. The molecular weight excluding hydrogens is 232 g/mol. The van der Waals surface area contributed by atoms with E-state index in [2.05, 4.69) is 4.74 Å². The normalized spacial score (nSPS) is 10.4. The second-order valence-electron chi connectivity index (χ2n) is 2.52. The zero-order chi connectivity index (χ0) is 11.6. The Morgan fingerprint density at radius 1 is 1.53 bits per heavy atom. The topological polar surface area (TPSA) is 72.5 Å². The summed E-state index contributed by atoms with van der Waals surface area (Å²) in [4.78, 5) is 10.6. The van der Waals surface area contributed by atoms with Crippen LogP contribution in [-0.4, -0.2) is 17.7 Å². The van der Waals surface area contributed by atoms with Gasteiger partial charge in [-0.25, -0.2) is 4.79 Å². The first-order valence-electron chi connectivity index (χ1n) is 3.69. The van der Waals surface area contributed by atoms with Crippen LogP contribution in [0.4, 0.5) is 14.5 Å². The molecule has 3 N–H and O–H groups in total. The first kappa shape index (κ1) is 11.5. The molecule has 1 rings (SSSR count). The summed E-state index contributed by atoms with van der Waals surface area (Å²) in [6.07, 6.45) is 0. The second kappa shape index (κ2) is 4.31. The van der Waals surface area contributed by atoms with E-state index in [0.717, 1.165) is 12.1 Å². The van der Waals surface area contributed by atoms with Crippen LogP contribution >= 0.6 is 11.6 Å². The van der Waals surface area contributed by atoms with Gasteiger partial charge in [-0.3, -0.25) is 0 Å². The average Bonchev–Trinajstić information content (AvgIpc) is 2.12. The van der Waals surface area contributed by atoms with Crippen LogP contribution in [-0.2, 0) is 0 Å². The van der Waals surface area contributed by atoms with Crippen molar-refractivity contribution in [1.29, 1.82) is 0 Å². The molecule has 0 heterocycles. The van der Waals surface area contributed by atoms with Gasteiger partial charge >= 0.3 is 12.6 Å². The molecule has 15 heavy (non-hydrogen) atoms. The van der Waals surface area contributed by atoms with Crippen LogP contribution in [0.25, 0.3) is 0 Å². The molecule has 0 amide bonds. The van der Waals surface area contributed by atoms with Crippen molar-refractivity contribution in [2.75, 3.05) is 5.73 Å². The summed E-state index contributed by atoms with van der Waals surface area (Å²) >= 11 is 5.55. The number of nitrogens with two attached hydrogens (primary N) is 1. The Morgan fingerprint density at radius 3 is 2.60 bits per heavy atom. The van der Waals surface area contributed by atoms with E-state index in [1.165, 1.54) is 0 Å². The zero-order valence-electron chi connectivity index (χ0n) is 7.21. The number of anilines is 1. The zero-order valence-corrected chi connectivity index (χ0v) is 7.96. The number of alkyl halides is 2. The molecule has 0 aromatic heterocycles. The molecule has 82 valence electrons. The number of ether oxygens (including phenoxy) is 1. The smallest absolute Gasteiger partial charge is 0.387 e. The van der Waals surface area contributed by atoms with Crippen LogP contribution in [0.2, 0.25) is 5.02 Å². The molecule has 1 aromatic carbocycles. The van der Waals surface area contributed by atoms with Crippen molar-refractivity contribution in [3.8, 4) is 5.75 Å². The van der Waals surface area contributed by atoms with Gasteiger partial charge in [-0.15, -0.1) is 0 Å². The van der Waals surface area contributed by atoms with Gasteiger partial charge in [-0.2, -0.15) is 8.78 Å². The van der Waals surface area contributed by atoms with Gasteiger partial charge in [-0.1, -0.05) is 11.6 Å². The molecule has 0 atom stereocenters. The Kier molecular flexibility index (Phi) is 3.31. The van der Waals surface area contributed by atoms with Gasteiger partial charge in [0.05, 0.1) is 16.3 Å². The third kappa shape index (κ3) is 2.47. The molecule has 0 unspecified atom stereocenters. The van der Waals surface area contributed by atoms with Crippen molar-refractivity contribution in [2.45, 2.75) is 6.61 Å². The summed E-state index contributed by atoms with van der Waals surface area (Å²) < 4.78 is 27.7.